The van der Waals surface area contributed by atoms with E-state index in [9.17, 15) is 4.79 Å². The molecule has 0 amide bonds. The second-order valence-corrected chi connectivity index (χ2v) is 2.00. The third-order valence-corrected chi connectivity index (χ3v) is 0.657. The zero-order valence-corrected chi connectivity index (χ0v) is 8.81. The molecule has 0 aromatic carbocycles. The van der Waals surface area contributed by atoms with Gasteiger partial charge >= 0.3 is 35.5 Å². The molecule has 0 N–H and O–H groups in total. The molecule has 0 aliphatic heterocycles. The summed E-state index contributed by atoms with van der Waals surface area (Å²) in [5.41, 5.74) is 0.408. The molecule has 0 radical (unpaired) electrons. The summed E-state index contributed by atoms with van der Waals surface area (Å²) in [6.45, 7) is 10.2. The molecular formula is C7H11NaO2. The van der Waals surface area contributed by atoms with Crippen LogP contribution in [0, 0.1) is 6.92 Å². The van der Waals surface area contributed by atoms with Crippen molar-refractivity contribution < 1.29 is 39.1 Å². The van der Waals surface area contributed by atoms with Crippen molar-refractivity contribution in [2.24, 2.45) is 0 Å². The van der Waals surface area contributed by atoms with Crippen LogP contribution in [0.4, 0.5) is 0 Å². The Bertz CT molecular complexity index is 130. The molecule has 0 aromatic heterocycles. The Morgan fingerprint density at radius 3 is 2.20 bits per heavy atom. The Morgan fingerprint density at radius 2 is 2.10 bits per heavy atom. The molecule has 10 heavy (non-hydrogen) atoms. The third-order valence-electron chi connectivity index (χ3n) is 0.657. The Balaban J connectivity index is 0. The van der Waals surface area contributed by atoms with Crippen molar-refractivity contribution in [2.75, 3.05) is 0 Å². The maximum absolute atomic E-state index is 10.6. The summed E-state index contributed by atoms with van der Waals surface area (Å²) in [6, 6.07) is 0. The number of hydrogen-bond donors (Lipinski definition) is 0. The van der Waals surface area contributed by atoms with Crippen LogP contribution in [0.3, 0.4) is 0 Å². The minimum absolute atomic E-state index is 0. The van der Waals surface area contributed by atoms with Crippen LogP contribution < -0.4 is 29.6 Å². The molecule has 0 saturated carbocycles. The van der Waals surface area contributed by atoms with Crippen molar-refractivity contribution >= 4 is 5.97 Å². The van der Waals surface area contributed by atoms with E-state index in [-0.39, 0.29) is 41.6 Å². The predicted molar refractivity (Wildman–Crippen MR) is 35.7 cm³/mol. The summed E-state index contributed by atoms with van der Waals surface area (Å²) in [5, 5.41) is 0. The maximum Gasteiger partial charge on any atom is 1.00 e. The summed E-state index contributed by atoms with van der Waals surface area (Å²) < 4.78 is 4.66. The van der Waals surface area contributed by atoms with Gasteiger partial charge in [0.2, 0.25) is 0 Å². The first-order valence-electron chi connectivity index (χ1n) is 2.73. The number of hydrogen-bond acceptors (Lipinski definition) is 2. The fourth-order valence-corrected chi connectivity index (χ4v) is 0.283. The van der Waals surface area contributed by atoms with Crippen molar-refractivity contribution in [3.63, 3.8) is 0 Å². The Hall–Kier alpha value is 0.210. The largest absolute Gasteiger partial charge is 1.00 e. The molecule has 1 unspecified atom stereocenters. The molecule has 0 saturated heterocycles. The number of rotatable bonds is 2. The summed E-state index contributed by atoms with van der Waals surface area (Å²) in [6.07, 6.45) is -0.297. The molecule has 1 atom stereocenters. The second-order valence-electron chi connectivity index (χ2n) is 2.00. The zero-order valence-electron chi connectivity index (χ0n) is 6.81. The Morgan fingerprint density at radius 1 is 1.70 bits per heavy atom. The van der Waals surface area contributed by atoms with Gasteiger partial charge in [-0.2, -0.15) is 0 Å². The van der Waals surface area contributed by atoms with Gasteiger partial charge in [-0.25, -0.2) is 4.79 Å². The van der Waals surface area contributed by atoms with Crippen molar-refractivity contribution in [1.29, 1.82) is 0 Å². The molecule has 0 aliphatic carbocycles. The van der Waals surface area contributed by atoms with Gasteiger partial charge in [0.25, 0.3) is 0 Å². The van der Waals surface area contributed by atoms with E-state index in [1.165, 1.54) is 0 Å². The summed E-state index contributed by atoms with van der Waals surface area (Å²) in [5.74, 6) is -0.377. The minimum atomic E-state index is -0.377. The van der Waals surface area contributed by atoms with Crippen molar-refractivity contribution in [2.45, 2.75) is 20.0 Å². The number of ether oxygens (including phenoxy) is 1. The van der Waals surface area contributed by atoms with E-state index < -0.39 is 0 Å². The Labute approximate surface area is 83.9 Å². The molecule has 52 valence electrons. The van der Waals surface area contributed by atoms with Crippen LogP contribution in [0.25, 0.3) is 0 Å². The summed E-state index contributed by atoms with van der Waals surface area (Å²) in [4.78, 5) is 10.6. The normalized spacial score (nSPS) is 11.1. The fraction of sp³-hybridized carbons (Fsp3) is 0.429. The summed E-state index contributed by atoms with van der Waals surface area (Å²) >= 11 is 0. The number of carbonyl (C=O) groups excluding carboxylic acids is 1. The van der Waals surface area contributed by atoms with Crippen molar-refractivity contribution in [3.8, 4) is 0 Å². The van der Waals surface area contributed by atoms with Gasteiger partial charge in [-0.3, -0.25) is 0 Å². The van der Waals surface area contributed by atoms with Crippen LogP contribution in [-0.2, 0) is 9.53 Å². The molecule has 0 rings (SSSR count). The van der Waals surface area contributed by atoms with Gasteiger partial charge in [0.05, 0.1) is 0 Å². The van der Waals surface area contributed by atoms with Crippen LogP contribution in [0.1, 0.15) is 13.8 Å². The standard InChI is InChI=1S/C7H11O2.Na/c1-5(2)7(8)9-6(3)4;/h6H,1,3H2,2,4H3;/q-1;+1. The van der Waals surface area contributed by atoms with Gasteiger partial charge in [0, 0.05) is 5.57 Å². The van der Waals surface area contributed by atoms with Crippen LogP contribution in [-0.4, -0.2) is 12.1 Å². The monoisotopic (exact) mass is 150 g/mol. The smallest absolute Gasteiger partial charge is 0.493 e. The molecule has 2 nitrogen and oxygen atoms in total. The minimum Gasteiger partial charge on any atom is -0.493 e. The molecule has 0 spiro atoms. The van der Waals surface area contributed by atoms with Gasteiger partial charge in [-0.05, 0) is 13.0 Å². The van der Waals surface area contributed by atoms with E-state index in [4.69, 9.17) is 0 Å². The van der Waals surface area contributed by atoms with Gasteiger partial charge in [0.1, 0.15) is 0 Å². The van der Waals surface area contributed by atoms with E-state index >= 15 is 0 Å². The molecule has 3 heteroatoms. The SMILES string of the molecule is C=C(C)C(=O)OC([CH2-])C.[Na+]. The van der Waals surface area contributed by atoms with E-state index in [0.717, 1.165) is 0 Å². The van der Waals surface area contributed by atoms with E-state index in [1.54, 1.807) is 13.8 Å². The first-order valence-corrected chi connectivity index (χ1v) is 2.73. The molecule has 0 heterocycles. The Kier molecular flexibility index (Phi) is 7.65. The quantitative estimate of drug-likeness (QED) is 0.204. The average Bonchev–Trinajstić information content (AvgIpc) is 1.63. The topological polar surface area (TPSA) is 26.3 Å². The summed E-state index contributed by atoms with van der Waals surface area (Å²) in [7, 11) is 0. The van der Waals surface area contributed by atoms with Crippen LogP contribution in [0.5, 0.6) is 0 Å². The van der Waals surface area contributed by atoms with Gasteiger partial charge in [-0.1, -0.05) is 13.5 Å². The predicted octanol–water partition coefficient (Wildman–Crippen LogP) is -1.67. The molecule has 0 aromatic rings. The fourth-order valence-electron chi connectivity index (χ4n) is 0.283. The van der Waals surface area contributed by atoms with Crippen LogP contribution in [0.15, 0.2) is 12.2 Å². The number of esters is 1. The molecule has 0 bridgehead atoms. The average molecular weight is 150 g/mol. The van der Waals surface area contributed by atoms with E-state index in [1.807, 2.05) is 0 Å². The van der Waals surface area contributed by atoms with Crippen molar-refractivity contribution in [3.05, 3.63) is 19.1 Å². The van der Waals surface area contributed by atoms with Crippen LogP contribution >= 0.6 is 0 Å². The van der Waals surface area contributed by atoms with Gasteiger partial charge < -0.3 is 11.7 Å². The van der Waals surface area contributed by atoms with Crippen molar-refractivity contribution in [1.82, 2.24) is 0 Å². The first-order chi connectivity index (χ1) is 4.04. The van der Waals surface area contributed by atoms with Gasteiger partial charge in [0.15, 0.2) is 0 Å². The molecular weight excluding hydrogens is 139 g/mol. The molecule has 0 aliphatic rings. The van der Waals surface area contributed by atoms with Gasteiger partial charge in [-0.15, -0.1) is 0 Å². The number of carbonyl (C=O) groups is 1. The van der Waals surface area contributed by atoms with Crippen LogP contribution in [0.2, 0.25) is 0 Å². The third kappa shape index (κ3) is 6.33. The second kappa shape index (κ2) is 5.96. The zero-order chi connectivity index (χ0) is 7.44. The first kappa shape index (κ1) is 12.8. The van der Waals surface area contributed by atoms with E-state index in [2.05, 4.69) is 18.2 Å². The molecule has 0 fully saturated rings. The maximum atomic E-state index is 10.6. The van der Waals surface area contributed by atoms with E-state index in [0.29, 0.717) is 5.57 Å².